The molecule has 3 fully saturated rings. The van der Waals surface area contributed by atoms with Gasteiger partial charge in [-0.2, -0.15) is 0 Å². The van der Waals surface area contributed by atoms with E-state index in [0.717, 1.165) is 46.7 Å². The van der Waals surface area contributed by atoms with Crippen LogP contribution in [0.5, 0.6) is 11.5 Å². The molecule has 4 nitrogen and oxygen atoms in total. The zero-order chi connectivity index (χ0) is 18.6. The first-order chi connectivity index (χ1) is 13.2. The maximum Gasteiger partial charge on any atom is 0.166 e. The van der Waals surface area contributed by atoms with Gasteiger partial charge < -0.3 is 19.7 Å². The Kier molecular flexibility index (Phi) is 9.38. The number of hydrogen-bond donors (Lipinski definition) is 1. The molecule has 2 bridgehead atoms. The van der Waals surface area contributed by atoms with Crippen LogP contribution in [0.4, 0.5) is 0 Å². The molecule has 2 aromatic carbocycles. The Balaban J connectivity index is 0.00000150. The lowest BCUT2D eigenvalue weighted by molar-refractivity contribution is 0.0718. The maximum absolute atomic E-state index is 6.17. The van der Waals surface area contributed by atoms with Crippen molar-refractivity contribution in [3.05, 3.63) is 58.6 Å². The molecular weight excluding hydrogens is 431 g/mol. The number of fused-ring (bicyclic) bond motifs is 3. The Bertz CT molecular complexity index is 765. The highest BCUT2D eigenvalue weighted by molar-refractivity contribution is 6.30. The number of hydrogen-bond acceptors (Lipinski definition) is 4. The summed E-state index contributed by atoms with van der Waals surface area (Å²) >= 11 is 5.97. The number of para-hydroxylation sites is 1. The second-order valence-corrected chi connectivity index (χ2v) is 7.93. The van der Waals surface area contributed by atoms with Gasteiger partial charge >= 0.3 is 0 Å². The zero-order valence-electron chi connectivity index (χ0n) is 16.6. The molecule has 3 aliphatic rings. The van der Waals surface area contributed by atoms with Crippen LogP contribution >= 0.6 is 36.4 Å². The topological polar surface area (TPSA) is 33.7 Å². The van der Waals surface area contributed by atoms with Crippen LogP contribution in [0.15, 0.2) is 42.5 Å². The van der Waals surface area contributed by atoms with Gasteiger partial charge in [0, 0.05) is 29.7 Å². The highest BCUT2D eigenvalue weighted by Gasteiger charge is 2.33. The van der Waals surface area contributed by atoms with E-state index in [1.54, 1.807) is 7.11 Å². The molecule has 1 atom stereocenters. The molecule has 29 heavy (non-hydrogen) atoms. The van der Waals surface area contributed by atoms with Crippen LogP contribution in [-0.2, 0) is 13.2 Å². The molecule has 0 spiro atoms. The van der Waals surface area contributed by atoms with E-state index in [0.29, 0.717) is 12.6 Å². The van der Waals surface area contributed by atoms with E-state index in [1.165, 1.54) is 25.9 Å². The minimum atomic E-state index is 0. The molecule has 3 heterocycles. The van der Waals surface area contributed by atoms with Crippen LogP contribution in [0.3, 0.4) is 0 Å². The van der Waals surface area contributed by atoms with Gasteiger partial charge in [-0.3, -0.25) is 0 Å². The molecule has 0 radical (unpaired) electrons. The minimum Gasteiger partial charge on any atom is -0.493 e. The van der Waals surface area contributed by atoms with Crippen molar-refractivity contribution >= 4 is 36.4 Å². The van der Waals surface area contributed by atoms with Gasteiger partial charge in [0.15, 0.2) is 11.5 Å². The Hall–Kier alpha value is -1.17. The summed E-state index contributed by atoms with van der Waals surface area (Å²) in [5, 5.41) is 4.51. The first-order valence-electron chi connectivity index (χ1n) is 9.72. The fourth-order valence-corrected chi connectivity index (χ4v) is 4.32. The summed E-state index contributed by atoms with van der Waals surface area (Å²) in [5.74, 6) is 2.40. The van der Waals surface area contributed by atoms with E-state index in [9.17, 15) is 0 Å². The lowest BCUT2D eigenvalue weighted by Gasteiger charge is -2.45. The SMILES string of the molecule is COc1cccc(CNC2CN3CCC2CC3)c1OCc1ccc(Cl)cc1.Cl.Cl. The number of halogens is 3. The third-order valence-electron chi connectivity index (χ3n) is 5.79. The van der Waals surface area contributed by atoms with E-state index in [-0.39, 0.29) is 24.8 Å². The summed E-state index contributed by atoms with van der Waals surface area (Å²) in [4.78, 5) is 2.57. The lowest BCUT2D eigenvalue weighted by atomic mass is 9.84. The van der Waals surface area contributed by atoms with E-state index in [2.05, 4.69) is 16.3 Å². The summed E-state index contributed by atoms with van der Waals surface area (Å²) in [6.07, 6.45) is 2.63. The number of benzene rings is 2. The molecule has 160 valence electrons. The molecule has 3 aliphatic heterocycles. The van der Waals surface area contributed by atoms with Gasteiger partial charge in [0.05, 0.1) is 7.11 Å². The van der Waals surface area contributed by atoms with Crippen molar-refractivity contribution < 1.29 is 9.47 Å². The van der Waals surface area contributed by atoms with Gasteiger partial charge in [-0.05, 0) is 55.6 Å². The monoisotopic (exact) mass is 458 g/mol. The first-order valence-corrected chi connectivity index (χ1v) is 10.1. The number of piperidine rings is 3. The molecular formula is C22H29Cl3N2O2. The standard InChI is InChI=1S/C22H27ClN2O2.2ClH/c1-26-21-4-2-3-18(13-24-20-14-25-11-9-17(20)10-12-25)22(21)27-15-16-5-7-19(23)8-6-16;;/h2-8,17,20,24H,9-15H2,1H3;2*1H. The molecule has 2 aromatic rings. The Labute approximate surface area is 190 Å². The van der Waals surface area contributed by atoms with Gasteiger partial charge in [-0.1, -0.05) is 35.9 Å². The second-order valence-electron chi connectivity index (χ2n) is 7.49. The van der Waals surface area contributed by atoms with Gasteiger partial charge in [0.1, 0.15) is 6.61 Å². The number of nitrogens with one attached hydrogen (secondary N) is 1. The van der Waals surface area contributed by atoms with Crippen molar-refractivity contribution in [1.29, 1.82) is 0 Å². The molecule has 0 amide bonds. The average Bonchev–Trinajstić information content (AvgIpc) is 2.73. The van der Waals surface area contributed by atoms with E-state index in [4.69, 9.17) is 21.1 Å². The van der Waals surface area contributed by atoms with E-state index in [1.807, 2.05) is 36.4 Å². The third kappa shape index (κ3) is 5.93. The average molecular weight is 460 g/mol. The van der Waals surface area contributed by atoms with Gasteiger partial charge in [-0.15, -0.1) is 24.8 Å². The lowest BCUT2D eigenvalue weighted by Crippen LogP contribution is -2.55. The Morgan fingerprint density at radius 1 is 1.07 bits per heavy atom. The fraction of sp³-hybridized carbons (Fsp3) is 0.455. The van der Waals surface area contributed by atoms with Crippen LogP contribution < -0.4 is 14.8 Å². The van der Waals surface area contributed by atoms with Crippen molar-refractivity contribution in [3.8, 4) is 11.5 Å². The predicted molar refractivity (Wildman–Crippen MR) is 123 cm³/mol. The van der Waals surface area contributed by atoms with E-state index < -0.39 is 0 Å². The Morgan fingerprint density at radius 2 is 1.79 bits per heavy atom. The van der Waals surface area contributed by atoms with Crippen molar-refractivity contribution in [3.63, 3.8) is 0 Å². The Morgan fingerprint density at radius 3 is 2.41 bits per heavy atom. The molecule has 3 saturated heterocycles. The highest BCUT2D eigenvalue weighted by atomic mass is 35.5. The van der Waals surface area contributed by atoms with Crippen LogP contribution in [-0.4, -0.2) is 37.7 Å². The van der Waals surface area contributed by atoms with Crippen molar-refractivity contribution in [2.75, 3.05) is 26.7 Å². The van der Waals surface area contributed by atoms with Gasteiger partial charge in [0.25, 0.3) is 0 Å². The van der Waals surface area contributed by atoms with Gasteiger partial charge in [0.2, 0.25) is 0 Å². The van der Waals surface area contributed by atoms with Crippen LogP contribution in [0, 0.1) is 5.92 Å². The molecule has 7 heteroatoms. The predicted octanol–water partition coefficient (Wildman–Crippen LogP) is 4.96. The molecule has 1 unspecified atom stereocenters. The number of ether oxygens (including phenoxy) is 2. The third-order valence-corrected chi connectivity index (χ3v) is 6.04. The maximum atomic E-state index is 6.17. The van der Waals surface area contributed by atoms with E-state index >= 15 is 0 Å². The second kappa shape index (κ2) is 11.3. The van der Waals surface area contributed by atoms with Crippen molar-refractivity contribution in [1.82, 2.24) is 10.2 Å². The highest BCUT2D eigenvalue weighted by Crippen LogP contribution is 2.33. The summed E-state index contributed by atoms with van der Waals surface area (Å²) in [5.41, 5.74) is 2.22. The summed E-state index contributed by atoms with van der Waals surface area (Å²) in [6.45, 7) is 4.97. The van der Waals surface area contributed by atoms with Gasteiger partial charge in [-0.25, -0.2) is 0 Å². The zero-order valence-corrected chi connectivity index (χ0v) is 19.0. The van der Waals surface area contributed by atoms with Crippen molar-refractivity contribution in [2.24, 2.45) is 5.92 Å². The number of rotatable bonds is 7. The van der Waals surface area contributed by atoms with Crippen LogP contribution in [0.25, 0.3) is 0 Å². The quantitative estimate of drug-likeness (QED) is 0.635. The molecule has 1 N–H and O–H groups in total. The minimum absolute atomic E-state index is 0. The summed E-state index contributed by atoms with van der Waals surface area (Å²) in [7, 11) is 1.69. The van der Waals surface area contributed by atoms with Crippen LogP contribution in [0.1, 0.15) is 24.0 Å². The normalized spacial score (nSPS) is 22.3. The molecule has 5 rings (SSSR count). The van der Waals surface area contributed by atoms with Crippen LogP contribution in [0.2, 0.25) is 5.02 Å². The van der Waals surface area contributed by atoms with Crippen molar-refractivity contribution in [2.45, 2.75) is 32.0 Å². The molecule has 0 aromatic heterocycles. The smallest absolute Gasteiger partial charge is 0.166 e. The first kappa shape index (κ1) is 24.1. The summed E-state index contributed by atoms with van der Waals surface area (Å²) in [6, 6.07) is 14.4. The number of nitrogens with zero attached hydrogens (tertiary/aromatic N) is 1. The molecule has 0 aliphatic carbocycles. The molecule has 0 saturated carbocycles. The fourth-order valence-electron chi connectivity index (χ4n) is 4.20. The number of methoxy groups -OCH3 is 1. The largest absolute Gasteiger partial charge is 0.493 e. The summed E-state index contributed by atoms with van der Waals surface area (Å²) < 4.78 is 11.7.